The van der Waals surface area contributed by atoms with E-state index < -0.39 is 0 Å². The Kier molecular flexibility index (Phi) is 6.84. The molecule has 6 heteroatoms. The highest BCUT2D eigenvalue weighted by Gasteiger charge is 2.30. The molecule has 0 saturated heterocycles. The maximum Gasteiger partial charge on any atom is 0.118 e. The Hall–Kier alpha value is -3.60. The molecule has 0 fully saturated rings. The number of benzene rings is 4. The van der Waals surface area contributed by atoms with Gasteiger partial charge in [0.25, 0.3) is 0 Å². The fourth-order valence-corrected chi connectivity index (χ4v) is 4.29. The number of hydrogen-bond donors (Lipinski definition) is 0. The Labute approximate surface area is 215 Å². The molecule has 4 nitrogen and oxygen atoms in total. The van der Waals surface area contributed by atoms with E-state index in [2.05, 4.69) is 46.4 Å². The first-order valence-electron chi connectivity index (χ1n) is 11.3. The van der Waals surface area contributed by atoms with Crippen LogP contribution in [0.1, 0.15) is 29.2 Å². The lowest BCUT2D eigenvalue weighted by atomic mass is 9.98. The predicted octanol–water partition coefficient (Wildman–Crippen LogP) is 8.11. The van der Waals surface area contributed by atoms with E-state index in [1.807, 2.05) is 66.9 Å². The van der Waals surface area contributed by atoms with Gasteiger partial charge < -0.3 is 4.74 Å². The van der Waals surface area contributed by atoms with Gasteiger partial charge in [0.1, 0.15) is 5.75 Å². The topological polar surface area (TPSA) is 37.2 Å². The molecule has 35 heavy (non-hydrogen) atoms. The number of rotatable bonds is 6. The van der Waals surface area contributed by atoms with Gasteiger partial charge in [0.2, 0.25) is 0 Å². The maximum absolute atomic E-state index is 6.10. The van der Waals surface area contributed by atoms with E-state index in [4.69, 9.17) is 33.0 Å². The molecule has 1 aliphatic heterocycles. The second kappa shape index (κ2) is 10.3. The number of nitrogens with zero attached hydrogens (tertiary/aromatic N) is 3. The van der Waals surface area contributed by atoms with Gasteiger partial charge in [-0.1, -0.05) is 59.6 Å². The standard InChI is InChI=1S/C29H23Cl2N3O/c1-35-27-16-6-22(7-17-27)29-18-28(21-4-8-23(30)9-5-21)33-34(29)26-14-2-20(3-15-26)19-32-25-12-10-24(31)11-13-25/h2-17,19,29H,18H2,1H3. The first-order valence-corrected chi connectivity index (χ1v) is 12.0. The van der Waals surface area contributed by atoms with Gasteiger partial charge in [-0.3, -0.25) is 10.0 Å². The van der Waals surface area contributed by atoms with Crippen LogP contribution in [0.15, 0.2) is 107 Å². The first kappa shape index (κ1) is 23.2. The van der Waals surface area contributed by atoms with Crippen LogP contribution >= 0.6 is 23.2 Å². The molecule has 1 unspecified atom stereocenters. The van der Waals surface area contributed by atoms with Crippen molar-refractivity contribution in [2.24, 2.45) is 10.1 Å². The van der Waals surface area contributed by atoms with E-state index >= 15 is 0 Å². The number of aliphatic imine (C=N–C) groups is 1. The molecule has 174 valence electrons. The molecule has 5 rings (SSSR count). The third kappa shape index (κ3) is 5.40. The van der Waals surface area contributed by atoms with Crippen molar-refractivity contribution < 1.29 is 4.74 Å². The van der Waals surface area contributed by atoms with Crippen molar-refractivity contribution in [3.05, 3.63) is 124 Å². The summed E-state index contributed by atoms with van der Waals surface area (Å²) in [6.45, 7) is 0. The van der Waals surface area contributed by atoms with Gasteiger partial charge in [0.15, 0.2) is 0 Å². The summed E-state index contributed by atoms with van der Waals surface area (Å²) in [4.78, 5) is 4.54. The lowest BCUT2D eigenvalue weighted by molar-refractivity contribution is 0.414. The van der Waals surface area contributed by atoms with Crippen LogP contribution in [0.5, 0.6) is 5.75 Å². The van der Waals surface area contributed by atoms with Crippen molar-refractivity contribution in [1.29, 1.82) is 0 Å². The summed E-state index contributed by atoms with van der Waals surface area (Å²) in [6, 6.07) is 31.8. The van der Waals surface area contributed by atoms with E-state index in [1.54, 1.807) is 7.11 Å². The molecule has 0 amide bonds. The van der Waals surface area contributed by atoms with Gasteiger partial charge in [-0.05, 0) is 77.4 Å². The minimum atomic E-state index is 0.0696. The average molecular weight is 500 g/mol. The van der Waals surface area contributed by atoms with Gasteiger partial charge in [0, 0.05) is 22.7 Å². The van der Waals surface area contributed by atoms with Crippen molar-refractivity contribution in [3.8, 4) is 5.75 Å². The lowest BCUT2D eigenvalue weighted by Crippen LogP contribution is -2.18. The quantitative estimate of drug-likeness (QED) is 0.251. The monoisotopic (exact) mass is 499 g/mol. The van der Waals surface area contributed by atoms with Crippen LogP contribution in [-0.4, -0.2) is 19.0 Å². The lowest BCUT2D eigenvalue weighted by Gasteiger charge is -2.24. The third-order valence-corrected chi connectivity index (χ3v) is 6.44. The van der Waals surface area contributed by atoms with Gasteiger partial charge in [0.05, 0.1) is 30.2 Å². The van der Waals surface area contributed by atoms with Crippen LogP contribution < -0.4 is 9.75 Å². The Morgan fingerprint density at radius 1 is 0.829 bits per heavy atom. The first-order chi connectivity index (χ1) is 17.1. The SMILES string of the molecule is COc1ccc(C2CC(c3ccc(Cl)cc3)=NN2c2ccc(C=Nc3ccc(Cl)cc3)cc2)cc1. The van der Waals surface area contributed by atoms with Crippen molar-refractivity contribution >= 4 is 46.5 Å². The summed E-state index contributed by atoms with van der Waals surface area (Å²) in [5, 5.41) is 8.52. The summed E-state index contributed by atoms with van der Waals surface area (Å²) in [7, 11) is 1.68. The fraction of sp³-hybridized carbons (Fsp3) is 0.103. The van der Waals surface area contributed by atoms with Gasteiger partial charge in [-0.15, -0.1) is 0 Å². The highest BCUT2D eigenvalue weighted by atomic mass is 35.5. The van der Waals surface area contributed by atoms with Gasteiger partial charge in [-0.25, -0.2) is 0 Å². The number of anilines is 1. The van der Waals surface area contributed by atoms with E-state index in [0.717, 1.165) is 40.4 Å². The minimum Gasteiger partial charge on any atom is -0.497 e. The minimum absolute atomic E-state index is 0.0696. The molecule has 0 radical (unpaired) electrons. The molecule has 0 saturated carbocycles. The second-order valence-electron chi connectivity index (χ2n) is 8.22. The molecular formula is C29H23Cl2N3O. The third-order valence-electron chi connectivity index (χ3n) is 5.94. The molecular weight excluding hydrogens is 477 g/mol. The number of ether oxygens (including phenoxy) is 1. The smallest absolute Gasteiger partial charge is 0.118 e. The van der Waals surface area contributed by atoms with Crippen LogP contribution in [0.4, 0.5) is 11.4 Å². The van der Waals surface area contributed by atoms with E-state index in [0.29, 0.717) is 10.0 Å². The molecule has 0 N–H and O–H groups in total. The Morgan fingerprint density at radius 2 is 1.46 bits per heavy atom. The van der Waals surface area contributed by atoms with Crippen molar-refractivity contribution in [2.75, 3.05) is 12.1 Å². The van der Waals surface area contributed by atoms with Crippen LogP contribution in [0, 0.1) is 0 Å². The summed E-state index contributed by atoms with van der Waals surface area (Å²) < 4.78 is 5.35. The summed E-state index contributed by atoms with van der Waals surface area (Å²) >= 11 is 12.1. The van der Waals surface area contributed by atoms with Crippen molar-refractivity contribution in [1.82, 2.24) is 0 Å². The number of halogens is 2. The fourth-order valence-electron chi connectivity index (χ4n) is 4.04. The highest BCUT2D eigenvalue weighted by molar-refractivity contribution is 6.31. The second-order valence-corrected chi connectivity index (χ2v) is 9.09. The van der Waals surface area contributed by atoms with Crippen molar-refractivity contribution in [3.63, 3.8) is 0 Å². The van der Waals surface area contributed by atoms with Gasteiger partial charge in [-0.2, -0.15) is 5.10 Å². The molecule has 1 atom stereocenters. The zero-order valence-electron chi connectivity index (χ0n) is 19.1. The normalized spacial score (nSPS) is 15.5. The van der Waals surface area contributed by atoms with Gasteiger partial charge >= 0.3 is 0 Å². The van der Waals surface area contributed by atoms with E-state index in [1.165, 1.54) is 5.56 Å². The van der Waals surface area contributed by atoms with Crippen molar-refractivity contribution in [2.45, 2.75) is 12.5 Å². The molecule has 0 spiro atoms. The predicted molar refractivity (Wildman–Crippen MR) is 146 cm³/mol. The Morgan fingerprint density at radius 3 is 2.09 bits per heavy atom. The molecule has 0 aromatic heterocycles. The Bertz CT molecular complexity index is 1350. The van der Waals surface area contributed by atoms with E-state index in [-0.39, 0.29) is 6.04 Å². The maximum atomic E-state index is 6.10. The molecule has 4 aromatic carbocycles. The summed E-state index contributed by atoms with van der Waals surface area (Å²) in [6.07, 6.45) is 2.63. The molecule has 0 aliphatic carbocycles. The van der Waals surface area contributed by atoms with E-state index in [9.17, 15) is 0 Å². The average Bonchev–Trinajstić information content (AvgIpc) is 3.35. The van der Waals surface area contributed by atoms with Crippen LogP contribution in [0.2, 0.25) is 10.0 Å². The number of hydrogen-bond acceptors (Lipinski definition) is 4. The van der Waals surface area contributed by atoms with Crippen LogP contribution in [-0.2, 0) is 0 Å². The largest absolute Gasteiger partial charge is 0.497 e. The number of hydrazone groups is 1. The molecule has 1 heterocycles. The molecule has 0 bridgehead atoms. The van der Waals surface area contributed by atoms with Crippen LogP contribution in [0.3, 0.4) is 0 Å². The summed E-state index contributed by atoms with van der Waals surface area (Å²) in [5.41, 5.74) is 6.14. The molecule has 4 aromatic rings. The zero-order valence-corrected chi connectivity index (χ0v) is 20.6. The zero-order chi connectivity index (χ0) is 24.2. The van der Waals surface area contributed by atoms with Crippen LogP contribution in [0.25, 0.3) is 0 Å². The Balaban J connectivity index is 1.43. The number of methoxy groups -OCH3 is 1. The summed E-state index contributed by atoms with van der Waals surface area (Å²) in [5.74, 6) is 0.835. The highest BCUT2D eigenvalue weighted by Crippen LogP contribution is 2.37. The molecule has 1 aliphatic rings.